The summed E-state index contributed by atoms with van der Waals surface area (Å²) in [6.07, 6.45) is 7.01. The molecule has 2 bridgehead atoms. The number of carbonyl (C=O) groups excluding carboxylic acids is 1. The van der Waals surface area contributed by atoms with Gasteiger partial charge in [-0.1, -0.05) is 62.4 Å². The van der Waals surface area contributed by atoms with Gasteiger partial charge in [0, 0.05) is 35.9 Å². The molecule has 0 spiro atoms. The minimum absolute atomic E-state index is 0.153. The SMILES string of the molecule is C=C[C@H]1C[NH+]2CC[C@H]1C[C@H]2[C@H](OC(=O)[C@@H](C)c1ccc(CC(C)C)cc1)c1ccnc2ccccc12. The number of nitrogens with zero attached hydrogens (tertiary/aromatic N) is 1. The molecule has 3 saturated heterocycles. The van der Waals surface area contributed by atoms with Crippen molar-refractivity contribution in [3.05, 3.63) is 90.1 Å². The van der Waals surface area contributed by atoms with E-state index in [1.165, 1.54) is 16.9 Å². The first-order valence-corrected chi connectivity index (χ1v) is 13.5. The van der Waals surface area contributed by atoms with Gasteiger partial charge in [0.05, 0.1) is 24.5 Å². The average Bonchev–Trinajstić information content (AvgIpc) is 2.91. The van der Waals surface area contributed by atoms with Crippen molar-refractivity contribution < 1.29 is 14.4 Å². The highest BCUT2D eigenvalue weighted by molar-refractivity contribution is 5.83. The number of carbonyl (C=O) groups is 1. The molecular formula is C32H39N2O2+. The van der Waals surface area contributed by atoms with Crippen LogP contribution in [0, 0.1) is 17.8 Å². The Labute approximate surface area is 215 Å². The number of esters is 1. The van der Waals surface area contributed by atoms with Crippen molar-refractivity contribution >= 4 is 16.9 Å². The van der Waals surface area contributed by atoms with E-state index in [1.54, 1.807) is 0 Å². The standard InChI is InChI=1S/C32H38N2O2/c1-5-24-20-34-17-15-26(24)19-30(34)31(28-14-16-33-29-9-7-6-8-27(28)29)36-32(35)22(4)25-12-10-23(11-13-25)18-21(2)3/h5-14,16,21-22,24,26,30-31H,1,15,17-20H2,2-4H3/p+1/t22-,24-,26-,30-,31+/m0/s1. The van der Waals surface area contributed by atoms with E-state index in [4.69, 9.17) is 4.74 Å². The molecule has 3 aliphatic heterocycles. The summed E-state index contributed by atoms with van der Waals surface area (Å²) < 4.78 is 6.50. The lowest BCUT2D eigenvalue weighted by molar-refractivity contribution is -0.949. The van der Waals surface area contributed by atoms with E-state index in [2.05, 4.69) is 67.9 Å². The summed E-state index contributed by atoms with van der Waals surface area (Å²) in [5.74, 6) is 1.31. The van der Waals surface area contributed by atoms with E-state index < -0.39 is 0 Å². The molecule has 0 radical (unpaired) electrons. The van der Waals surface area contributed by atoms with E-state index in [9.17, 15) is 4.79 Å². The third-order valence-electron chi connectivity index (χ3n) is 8.40. The maximum Gasteiger partial charge on any atom is 0.313 e. The summed E-state index contributed by atoms with van der Waals surface area (Å²) in [7, 11) is 0. The minimum Gasteiger partial charge on any atom is -0.451 e. The zero-order valence-corrected chi connectivity index (χ0v) is 21.8. The van der Waals surface area contributed by atoms with Crippen molar-refractivity contribution in [3.8, 4) is 0 Å². The lowest BCUT2D eigenvalue weighted by atomic mass is 9.73. The van der Waals surface area contributed by atoms with Crippen molar-refractivity contribution in [1.29, 1.82) is 0 Å². The molecule has 3 aliphatic rings. The van der Waals surface area contributed by atoms with Gasteiger partial charge in [-0.3, -0.25) is 9.78 Å². The maximum absolute atomic E-state index is 13.6. The van der Waals surface area contributed by atoms with Crippen LogP contribution in [0.2, 0.25) is 0 Å². The summed E-state index contributed by atoms with van der Waals surface area (Å²) in [6, 6.07) is 19.0. The second-order valence-corrected chi connectivity index (χ2v) is 11.2. The lowest BCUT2D eigenvalue weighted by Crippen LogP contribution is -3.20. The van der Waals surface area contributed by atoms with E-state index in [-0.39, 0.29) is 24.0 Å². The average molecular weight is 484 g/mol. The smallest absolute Gasteiger partial charge is 0.313 e. The molecule has 4 nitrogen and oxygen atoms in total. The highest BCUT2D eigenvalue weighted by Crippen LogP contribution is 2.37. The van der Waals surface area contributed by atoms with Crippen LogP contribution in [0.3, 0.4) is 0 Å². The number of aromatic nitrogens is 1. The summed E-state index contributed by atoms with van der Waals surface area (Å²) in [5, 5.41) is 1.07. The van der Waals surface area contributed by atoms with E-state index in [1.807, 2.05) is 31.3 Å². The number of para-hydroxylation sites is 1. The monoisotopic (exact) mass is 483 g/mol. The lowest BCUT2D eigenvalue weighted by Gasteiger charge is -2.48. The van der Waals surface area contributed by atoms with Gasteiger partial charge >= 0.3 is 5.97 Å². The summed E-state index contributed by atoms with van der Waals surface area (Å²) in [6.45, 7) is 12.7. The third-order valence-corrected chi connectivity index (χ3v) is 8.40. The van der Waals surface area contributed by atoms with Gasteiger partial charge in [0.15, 0.2) is 6.10 Å². The number of hydrogen-bond acceptors (Lipinski definition) is 3. The van der Waals surface area contributed by atoms with Crippen LogP contribution < -0.4 is 4.90 Å². The van der Waals surface area contributed by atoms with Crippen molar-refractivity contribution in [2.24, 2.45) is 17.8 Å². The van der Waals surface area contributed by atoms with Crippen LogP contribution in [-0.2, 0) is 16.0 Å². The molecule has 188 valence electrons. The molecule has 4 heteroatoms. The Bertz CT molecular complexity index is 1210. The number of benzene rings is 2. The highest BCUT2D eigenvalue weighted by Gasteiger charge is 2.48. The van der Waals surface area contributed by atoms with Crippen LogP contribution >= 0.6 is 0 Å². The van der Waals surface area contributed by atoms with Gasteiger partial charge < -0.3 is 9.64 Å². The summed E-state index contributed by atoms with van der Waals surface area (Å²) >= 11 is 0. The molecule has 6 rings (SSSR count). The molecule has 0 saturated carbocycles. The largest absolute Gasteiger partial charge is 0.451 e. The van der Waals surface area contributed by atoms with Crippen molar-refractivity contribution in [1.82, 2.24) is 4.98 Å². The van der Waals surface area contributed by atoms with Crippen LogP contribution in [-0.4, -0.2) is 30.1 Å². The molecule has 1 N–H and O–H groups in total. The molecule has 3 fully saturated rings. The van der Waals surface area contributed by atoms with Gasteiger partial charge in [0.25, 0.3) is 0 Å². The third kappa shape index (κ3) is 4.97. The van der Waals surface area contributed by atoms with Gasteiger partial charge in [-0.05, 0) is 48.4 Å². The molecule has 1 unspecified atom stereocenters. The quantitative estimate of drug-likeness (QED) is 0.349. The van der Waals surface area contributed by atoms with E-state index in [0.29, 0.717) is 17.8 Å². The molecule has 3 aromatic rings. The highest BCUT2D eigenvalue weighted by atomic mass is 16.5. The molecule has 0 amide bonds. The Kier molecular flexibility index (Phi) is 7.25. The fourth-order valence-corrected chi connectivity index (χ4v) is 6.40. The first-order chi connectivity index (χ1) is 17.4. The predicted molar refractivity (Wildman–Crippen MR) is 145 cm³/mol. The predicted octanol–water partition coefficient (Wildman–Crippen LogP) is 5.30. The zero-order valence-electron chi connectivity index (χ0n) is 21.8. The summed E-state index contributed by atoms with van der Waals surface area (Å²) in [5.41, 5.74) is 4.34. The number of rotatable bonds is 8. The molecule has 0 aliphatic carbocycles. The minimum atomic E-state index is -0.319. The number of hydrogen-bond donors (Lipinski definition) is 1. The van der Waals surface area contributed by atoms with Gasteiger partial charge in [-0.15, -0.1) is 6.58 Å². The van der Waals surface area contributed by atoms with Gasteiger partial charge in [0.1, 0.15) is 6.04 Å². The van der Waals surface area contributed by atoms with Crippen LogP contribution in [0.25, 0.3) is 10.9 Å². The number of pyridine rings is 1. The Hall–Kier alpha value is -2.98. The van der Waals surface area contributed by atoms with Gasteiger partial charge in [0.2, 0.25) is 0 Å². The Morgan fingerprint density at radius 3 is 2.61 bits per heavy atom. The number of quaternary nitrogens is 1. The van der Waals surface area contributed by atoms with Gasteiger partial charge in [-0.25, -0.2) is 0 Å². The Morgan fingerprint density at radius 1 is 1.14 bits per heavy atom. The van der Waals surface area contributed by atoms with Crippen molar-refractivity contribution in [3.63, 3.8) is 0 Å². The van der Waals surface area contributed by atoms with Gasteiger partial charge in [-0.2, -0.15) is 0 Å². The number of ether oxygens (including phenoxy) is 1. The van der Waals surface area contributed by atoms with Crippen LogP contribution in [0.5, 0.6) is 0 Å². The normalized spacial score (nSPS) is 25.0. The molecule has 4 heterocycles. The van der Waals surface area contributed by atoms with E-state index >= 15 is 0 Å². The molecular weight excluding hydrogens is 444 g/mol. The Morgan fingerprint density at radius 2 is 1.92 bits per heavy atom. The fraction of sp³-hybridized carbons (Fsp3) is 0.438. The molecule has 2 aromatic carbocycles. The maximum atomic E-state index is 13.6. The number of nitrogens with one attached hydrogen (secondary N) is 1. The van der Waals surface area contributed by atoms with Crippen LogP contribution in [0.15, 0.2) is 73.4 Å². The van der Waals surface area contributed by atoms with E-state index in [0.717, 1.165) is 48.0 Å². The topological polar surface area (TPSA) is 43.6 Å². The summed E-state index contributed by atoms with van der Waals surface area (Å²) in [4.78, 5) is 19.7. The first-order valence-electron chi connectivity index (χ1n) is 13.5. The first kappa shape index (κ1) is 24.7. The Balaban J connectivity index is 1.44. The zero-order chi connectivity index (χ0) is 25.2. The number of fused-ring (bicyclic) bond motifs is 4. The molecule has 6 atom stereocenters. The van der Waals surface area contributed by atoms with Crippen molar-refractivity contribution in [2.75, 3.05) is 13.1 Å². The number of piperidine rings is 3. The fourth-order valence-electron chi connectivity index (χ4n) is 6.40. The second kappa shape index (κ2) is 10.6. The van der Waals surface area contributed by atoms with Crippen LogP contribution in [0.4, 0.5) is 0 Å². The molecule has 36 heavy (non-hydrogen) atoms. The van der Waals surface area contributed by atoms with Crippen LogP contribution in [0.1, 0.15) is 62.3 Å². The van der Waals surface area contributed by atoms with Crippen molar-refractivity contribution in [2.45, 2.75) is 58.1 Å². The molecule has 1 aromatic heterocycles. The second-order valence-electron chi connectivity index (χ2n) is 11.2.